The Morgan fingerprint density at radius 3 is 2.05 bits per heavy atom. The first-order chi connectivity index (χ1) is 9.79. The van der Waals surface area contributed by atoms with Gasteiger partial charge >= 0.3 is 5.97 Å². The molecular formula is C17H32O4. The van der Waals surface area contributed by atoms with Crippen molar-refractivity contribution >= 4 is 5.97 Å². The maximum Gasteiger partial charge on any atom is 0.305 e. The second kappa shape index (κ2) is 9.21. The summed E-state index contributed by atoms with van der Waals surface area (Å²) in [5.41, 5.74) is 1.12. The Bertz CT molecular complexity index is 324. The molecule has 21 heavy (non-hydrogen) atoms. The molecule has 0 aromatic carbocycles. The quantitative estimate of drug-likeness (QED) is 0.547. The van der Waals surface area contributed by atoms with Crippen LogP contribution in [-0.2, 0) is 19.0 Å². The van der Waals surface area contributed by atoms with Crippen LogP contribution < -0.4 is 0 Å². The van der Waals surface area contributed by atoms with Gasteiger partial charge in [-0.05, 0) is 13.3 Å². The summed E-state index contributed by atoms with van der Waals surface area (Å²) < 4.78 is 16.6. The van der Waals surface area contributed by atoms with Crippen LogP contribution in [0.3, 0.4) is 0 Å². The summed E-state index contributed by atoms with van der Waals surface area (Å²) in [5.74, 6) is -0.894. The molecule has 0 aromatic heterocycles. The third-order valence-electron chi connectivity index (χ3n) is 3.32. The molecular weight excluding hydrogens is 268 g/mol. The van der Waals surface area contributed by atoms with Crippen LogP contribution in [0.15, 0.2) is 12.2 Å². The van der Waals surface area contributed by atoms with Gasteiger partial charge in [-0.25, -0.2) is 0 Å². The van der Waals surface area contributed by atoms with E-state index in [1.807, 2.05) is 20.8 Å². The van der Waals surface area contributed by atoms with Crippen molar-refractivity contribution in [1.82, 2.24) is 0 Å². The Kier molecular flexibility index (Phi) is 8.83. The van der Waals surface area contributed by atoms with E-state index in [4.69, 9.17) is 9.47 Å². The molecule has 0 radical (unpaired) electrons. The normalized spacial score (nSPS) is 19.1. The predicted molar refractivity (Wildman–Crippen MR) is 85.1 cm³/mol. The topological polar surface area (TPSA) is 44.8 Å². The number of hydrogen-bond donors (Lipinski definition) is 0. The van der Waals surface area contributed by atoms with Gasteiger partial charge in [0.2, 0.25) is 0 Å². The molecule has 0 unspecified atom stereocenters. The van der Waals surface area contributed by atoms with Crippen LogP contribution in [0.4, 0.5) is 0 Å². The van der Waals surface area contributed by atoms with Crippen LogP contribution in [-0.4, -0.2) is 32.1 Å². The number of rotatable bonds is 6. The number of ether oxygens (including phenoxy) is 3. The number of methoxy groups -OCH3 is 1. The van der Waals surface area contributed by atoms with E-state index < -0.39 is 5.79 Å². The van der Waals surface area contributed by atoms with Crippen molar-refractivity contribution in [2.75, 3.05) is 20.3 Å². The third kappa shape index (κ3) is 7.63. The van der Waals surface area contributed by atoms with E-state index in [1.54, 1.807) is 0 Å². The molecule has 1 rings (SSSR count). The molecule has 0 saturated carbocycles. The summed E-state index contributed by atoms with van der Waals surface area (Å²) in [7, 11) is 1.40. The second-order valence-electron chi connectivity index (χ2n) is 6.19. The molecule has 0 atom stereocenters. The number of esters is 1. The van der Waals surface area contributed by atoms with Gasteiger partial charge < -0.3 is 14.2 Å². The zero-order valence-corrected chi connectivity index (χ0v) is 14.6. The van der Waals surface area contributed by atoms with E-state index in [0.717, 1.165) is 18.4 Å². The third-order valence-corrected chi connectivity index (χ3v) is 3.32. The zero-order chi connectivity index (χ0) is 16.5. The first-order valence-electron chi connectivity index (χ1n) is 7.78. The molecule has 0 aromatic rings. The van der Waals surface area contributed by atoms with E-state index in [1.165, 1.54) is 7.11 Å². The van der Waals surface area contributed by atoms with E-state index in [2.05, 4.69) is 25.2 Å². The Morgan fingerprint density at radius 2 is 1.62 bits per heavy atom. The van der Waals surface area contributed by atoms with Gasteiger partial charge in [0.05, 0.1) is 26.7 Å². The van der Waals surface area contributed by atoms with Crippen molar-refractivity contribution in [1.29, 1.82) is 0 Å². The minimum atomic E-state index is -0.664. The summed E-state index contributed by atoms with van der Waals surface area (Å²) in [6.45, 7) is 15.4. The molecule has 1 aliphatic rings. The van der Waals surface area contributed by atoms with E-state index in [-0.39, 0.29) is 11.4 Å². The van der Waals surface area contributed by atoms with Crippen LogP contribution in [0.1, 0.15) is 60.3 Å². The second-order valence-corrected chi connectivity index (χ2v) is 6.19. The van der Waals surface area contributed by atoms with Gasteiger partial charge in [0.15, 0.2) is 5.79 Å². The summed E-state index contributed by atoms with van der Waals surface area (Å²) >= 11 is 0. The summed E-state index contributed by atoms with van der Waals surface area (Å²) in [5, 5.41) is 0. The minimum Gasteiger partial charge on any atom is -0.469 e. The maximum absolute atomic E-state index is 11.3. The lowest BCUT2D eigenvalue weighted by Crippen LogP contribution is -2.47. The van der Waals surface area contributed by atoms with Crippen molar-refractivity contribution < 1.29 is 19.0 Å². The smallest absolute Gasteiger partial charge is 0.305 e. The highest BCUT2D eigenvalue weighted by atomic mass is 16.7. The fraction of sp³-hybridized carbons (Fsp3) is 0.824. The van der Waals surface area contributed by atoms with E-state index >= 15 is 0 Å². The van der Waals surface area contributed by atoms with Crippen molar-refractivity contribution in [2.24, 2.45) is 5.41 Å². The summed E-state index contributed by atoms with van der Waals surface area (Å²) in [6, 6.07) is 0. The van der Waals surface area contributed by atoms with E-state index in [9.17, 15) is 4.79 Å². The van der Waals surface area contributed by atoms with Crippen molar-refractivity contribution in [3.05, 3.63) is 12.2 Å². The molecule has 0 N–H and O–H groups in total. The molecule has 124 valence electrons. The monoisotopic (exact) mass is 300 g/mol. The van der Waals surface area contributed by atoms with Gasteiger partial charge in [-0.15, -0.1) is 6.58 Å². The van der Waals surface area contributed by atoms with Crippen LogP contribution in [0.5, 0.6) is 0 Å². The molecule has 0 amide bonds. The Balaban J connectivity index is 0.00000191. The van der Waals surface area contributed by atoms with Crippen molar-refractivity contribution in [3.8, 4) is 0 Å². The van der Waals surface area contributed by atoms with Crippen LogP contribution in [0.2, 0.25) is 0 Å². The molecule has 1 aliphatic heterocycles. The van der Waals surface area contributed by atoms with Gasteiger partial charge in [-0.1, -0.05) is 33.3 Å². The van der Waals surface area contributed by atoms with Crippen molar-refractivity contribution in [2.45, 2.75) is 66.1 Å². The van der Waals surface area contributed by atoms with E-state index in [0.29, 0.717) is 26.1 Å². The molecule has 0 aliphatic carbocycles. The zero-order valence-electron chi connectivity index (χ0n) is 14.6. The summed E-state index contributed by atoms with van der Waals surface area (Å²) in [6.07, 6.45) is 2.41. The van der Waals surface area contributed by atoms with Gasteiger partial charge in [0.25, 0.3) is 0 Å². The SMILES string of the molecule is C=C(C)CCC1(CCC(=O)OC)OCC(C)(C)CO1.CC. The lowest BCUT2D eigenvalue weighted by molar-refractivity contribution is -0.304. The average Bonchev–Trinajstić information content (AvgIpc) is 2.47. The lowest BCUT2D eigenvalue weighted by atomic mass is 9.92. The Labute approximate surface area is 129 Å². The predicted octanol–water partition coefficient (Wildman–Crippen LogP) is 4.09. The highest BCUT2D eigenvalue weighted by Crippen LogP contribution is 2.36. The van der Waals surface area contributed by atoms with Crippen LogP contribution in [0, 0.1) is 5.41 Å². The highest BCUT2D eigenvalue weighted by Gasteiger charge is 2.40. The molecule has 1 saturated heterocycles. The number of carbonyl (C=O) groups is 1. The molecule has 0 spiro atoms. The first kappa shape index (κ1) is 20.1. The molecule has 4 nitrogen and oxygen atoms in total. The summed E-state index contributed by atoms with van der Waals surface area (Å²) in [4.78, 5) is 11.3. The maximum atomic E-state index is 11.3. The fourth-order valence-corrected chi connectivity index (χ4v) is 1.95. The van der Waals surface area contributed by atoms with Gasteiger partial charge in [0.1, 0.15) is 0 Å². The largest absolute Gasteiger partial charge is 0.469 e. The Hall–Kier alpha value is -0.870. The van der Waals surface area contributed by atoms with Crippen molar-refractivity contribution in [3.63, 3.8) is 0 Å². The molecule has 0 bridgehead atoms. The number of allylic oxidation sites excluding steroid dienone is 1. The van der Waals surface area contributed by atoms with Crippen LogP contribution in [0.25, 0.3) is 0 Å². The first-order valence-corrected chi connectivity index (χ1v) is 7.78. The average molecular weight is 300 g/mol. The number of hydrogen-bond acceptors (Lipinski definition) is 4. The Morgan fingerprint density at radius 1 is 1.14 bits per heavy atom. The molecule has 1 fully saturated rings. The standard InChI is InChI=1S/C15H26O4.C2H6/c1-12(2)6-8-15(9-7-13(16)17-5)18-10-14(3,4)11-19-15;1-2/h1,6-11H2,2-5H3;1-2H3. The fourth-order valence-electron chi connectivity index (χ4n) is 1.95. The minimum absolute atomic E-state index is 0.0258. The molecule has 1 heterocycles. The lowest BCUT2D eigenvalue weighted by Gasteiger charge is -2.43. The van der Waals surface area contributed by atoms with Gasteiger partial charge in [-0.2, -0.15) is 0 Å². The highest BCUT2D eigenvalue weighted by molar-refractivity contribution is 5.69. The number of carbonyl (C=O) groups excluding carboxylic acids is 1. The molecule has 4 heteroatoms. The van der Waals surface area contributed by atoms with Crippen LogP contribution >= 0.6 is 0 Å². The van der Waals surface area contributed by atoms with Gasteiger partial charge in [0, 0.05) is 18.3 Å². The van der Waals surface area contributed by atoms with Gasteiger partial charge in [-0.3, -0.25) is 4.79 Å².